The molecule has 0 unspecified atom stereocenters. The molecule has 1 aliphatic carbocycles. The molecule has 0 nitrogen and oxygen atoms in total. The maximum atomic E-state index is 2.25. The summed E-state index contributed by atoms with van der Waals surface area (Å²) in [6.07, 6.45) is 2.18. The van der Waals surface area contributed by atoms with Gasteiger partial charge in [0.25, 0.3) is 0 Å². The van der Waals surface area contributed by atoms with E-state index < -0.39 is 0 Å². The van der Waals surface area contributed by atoms with E-state index in [4.69, 9.17) is 0 Å². The number of thioether (sulfide) groups is 1. The Bertz CT molecular complexity index is 209. The van der Waals surface area contributed by atoms with E-state index in [0.717, 1.165) is 0 Å². The molecule has 62 valence electrons. The Labute approximate surface area is 73.8 Å². The monoisotopic (exact) mass is 168 g/mol. The first-order valence-corrected chi connectivity index (χ1v) is 5.26. The van der Waals surface area contributed by atoms with E-state index in [9.17, 15) is 0 Å². The molecule has 0 atom stereocenters. The molecule has 0 aromatic carbocycles. The van der Waals surface area contributed by atoms with Crippen molar-refractivity contribution >= 4 is 11.8 Å². The summed E-state index contributed by atoms with van der Waals surface area (Å²) in [5.41, 5.74) is 6.10. The van der Waals surface area contributed by atoms with Crippen LogP contribution in [0.15, 0.2) is 22.3 Å². The Morgan fingerprint density at radius 2 is 1.27 bits per heavy atom. The summed E-state index contributed by atoms with van der Waals surface area (Å²) in [5.74, 6) is 0. The van der Waals surface area contributed by atoms with Gasteiger partial charge in [0.2, 0.25) is 0 Å². The van der Waals surface area contributed by atoms with E-state index in [-0.39, 0.29) is 0 Å². The van der Waals surface area contributed by atoms with Gasteiger partial charge >= 0.3 is 0 Å². The average molecular weight is 168 g/mol. The number of hydrogen-bond acceptors (Lipinski definition) is 1. The zero-order valence-corrected chi connectivity index (χ0v) is 8.80. The maximum Gasteiger partial charge on any atom is 0.0469 e. The Kier molecular flexibility index (Phi) is 2.48. The molecule has 1 heteroatoms. The smallest absolute Gasteiger partial charge is 0.0469 e. The van der Waals surface area contributed by atoms with Crippen LogP contribution < -0.4 is 0 Å². The Hall–Kier alpha value is -0.170. The molecule has 1 aliphatic rings. The van der Waals surface area contributed by atoms with Gasteiger partial charge in [-0.3, -0.25) is 0 Å². The predicted molar refractivity (Wildman–Crippen MR) is 54.1 cm³/mol. The van der Waals surface area contributed by atoms with E-state index in [2.05, 4.69) is 34.0 Å². The molecule has 0 aromatic heterocycles. The molecule has 0 radical (unpaired) electrons. The minimum Gasteiger partial charge on any atom is -0.153 e. The van der Waals surface area contributed by atoms with E-state index in [1.807, 2.05) is 11.8 Å². The maximum absolute atomic E-state index is 2.25. The van der Waals surface area contributed by atoms with Crippen LogP contribution in [0.1, 0.15) is 27.7 Å². The molecule has 0 heterocycles. The van der Waals surface area contributed by atoms with Crippen LogP contribution in [0.25, 0.3) is 0 Å². The molecular weight excluding hydrogens is 152 g/mol. The van der Waals surface area contributed by atoms with Crippen LogP contribution in [0.2, 0.25) is 0 Å². The molecule has 0 amide bonds. The lowest BCUT2D eigenvalue weighted by Gasteiger charge is -2.10. The predicted octanol–water partition coefficient (Wildman–Crippen LogP) is 3.40. The summed E-state index contributed by atoms with van der Waals surface area (Å²) in [5, 5.41) is 0.662. The highest BCUT2D eigenvalue weighted by atomic mass is 32.2. The van der Waals surface area contributed by atoms with Crippen LogP contribution >= 0.6 is 11.8 Å². The van der Waals surface area contributed by atoms with Gasteiger partial charge in [-0.05, 0) is 45.1 Å². The Balaban J connectivity index is 3.04. The van der Waals surface area contributed by atoms with Crippen molar-refractivity contribution in [3.05, 3.63) is 22.3 Å². The van der Waals surface area contributed by atoms with Crippen LogP contribution in [0, 0.1) is 0 Å². The van der Waals surface area contributed by atoms with Gasteiger partial charge in [-0.15, -0.1) is 0 Å². The Morgan fingerprint density at radius 1 is 0.909 bits per heavy atom. The summed E-state index contributed by atoms with van der Waals surface area (Å²) in [6, 6.07) is 0. The molecule has 11 heavy (non-hydrogen) atoms. The van der Waals surface area contributed by atoms with Crippen molar-refractivity contribution in [1.29, 1.82) is 0 Å². The van der Waals surface area contributed by atoms with Crippen molar-refractivity contribution in [3.63, 3.8) is 0 Å². The van der Waals surface area contributed by atoms with Gasteiger partial charge in [0.1, 0.15) is 0 Å². The minimum atomic E-state index is 0.662. The molecule has 0 N–H and O–H groups in total. The lowest BCUT2D eigenvalue weighted by atomic mass is 10.1. The van der Waals surface area contributed by atoms with E-state index in [1.54, 1.807) is 11.1 Å². The van der Waals surface area contributed by atoms with Gasteiger partial charge in [0, 0.05) is 5.25 Å². The Morgan fingerprint density at radius 3 is 1.45 bits per heavy atom. The highest BCUT2D eigenvalue weighted by Gasteiger charge is 2.22. The molecule has 0 spiro atoms. The third kappa shape index (κ3) is 1.26. The summed E-state index contributed by atoms with van der Waals surface area (Å²) in [7, 11) is 0. The second kappa shape index (κ2) is 3.06. The third-order valence-electron chi connectivity index (χ3n) is 2.77. The lowest BCUT2D eigenvalue weighted by Crippen LogP contribution is -2.00. The molecule has 0 saturated heterocycles. The standard InChI is InChI=1S/C10H16S/c1-6-7(2)9(4)10(11-5)8(6)3/h10H,1-5H3. The summed E-state index contributed by atoms with van der Waals surface area (Å²) in [4.78, 5) is 0. The van der Waals surface area contributed by atoms with Crippen LogP contribution in [0.4, 0.5) is 0 Å². The van der Waals surface area contributed by atoms with Gasteiger partial charge in [-0.2, -0.15) is 11.8 Å². The summed E-state index contributed by atoms with van der Waals surface area (Å²) in [6.45, 7) is 8.95. The van der Waals surface area contributed by atoms with E-state index in [1.165, 1.54) is 11.1 Å². The quantitative estimate of drug-likeness (QED) is 0.578. The topological polar surface area (TPSA) is 0 Å². The highest BCUT2D eigenvalue weighted by molar-refractivity contribution is 7.99. The van der Waals surface area contributed by atoms with Crippen molar-refractivity contribution in [2.75, 3.05) is 6.26 Å². The zero-order valence-electron chi connectivity index (χ0n) is 7.99. The van der Waals surface area contributed by atoms with Crippen LogP contribution in [0.3, 0.4) is 0 Å². The second-order valence-electron chi connectivity index (χ2n) is 3.23. The normalized spacial score (nSPS) is 20.5. The fourth-order valence-corrected chi connectivity index (χ4v) is 2.72. The molecule has 1 rings (SSSR count). The number of allylic oxidation sites excluding steroid dienone is 2. The molecule has 0 aliphatic heterocycles. The van der Waals surface area contributed by atoms with Gasteiger partial charge in [0.05, 0.1) is 0 Å². The van der Waals surface area contributed by atoms with E-state index in [0.29, 0.717) is 5.25 Å². The van der Waals surface area contributed by atoms with Crippen molar-refractivity contribution in [2.45, 2.75) is 32.9 Å². The van der Waals surface area contributed by atoms with Crippen molar-refractivity contribution in [3.8, 4) is 0 Å². The van der Waals surface area contributed by atoms with Crippen molar-refractivity contribution in [1.82, 2.24) is 0 Å². The fraction of sp³-hybridized carbons (Fsp3) is 0.600. The van der Waals surface area contributed by atoms with Gasteiger partial charge in [-0.25, -0.2) is 0 Å². The van der Waals surface area contributed by atoms with Crippen LogP contribution in [-0.2, 0) is 0 Å². The SMILES string of the molecule is CSC1C(C)=C(C)C(C)=C1C. The third-order valence-corrected chi connectivity index (χ3v) is 3.95. The van der Waals surface area contributed by atoms with E-state index >= 15 is 0 Å². The average Bonchev–Trinajstić information content (AvgIpc) is 2.17. The first-order valence-electron chi connectivity index (χ1n) is 3.97. The number of rotatable bonds is 1. The number of hydrogen-bond donors (Lipinski definition) is 0. The van der Waals surface area contributed by atoms with Gasteiger partial charge < -0.3 is 0 Å². The van der Waals surface area contributed by atoms with Crippen molar-refractivity contribution in [2.24, 2.45) is 0 Å². The molecule has 0 bridgehead atoms. The fourth-order valence-electron chi connectivity index (χ4n) is 1.66. The first-order chi connectivity index (χ1) is 5.09. The van der Waals surface area contributed by atoms with Gasteiger partial charge in [0.15, 0.2) is 0 Å². The molecule has 0 saturated carbocycles. The summed E-state index contributed by atoms with van der Waals surface area (Å²) >= 11 is 1.94. The second-order valence-corrected chi connectivity index (χ2v) is 4.17. The molecule has 0 fully saturated rings. The minimum absolute atomic E-state index is 0.662. The summed E-state index contributed by atoms with van der Waals surface area (Å²) < 4.78 is 0. The molecule has 0 aromatic rings. The first kappa shape index (κ1) is 8.92. The highest BCUT2D eigenvalue weighted by Crippen LogP contribution is 2.37. The lowest BCUT2D eigenvalue weighted by molar-refractivity contribution is 1.16. The van der Waals surface area contributed by atoms with Gasteiger partial charge in [-0.1, -0.05) is 11.1 Å². The van der Waals surface area contributed by atoms with Crippen LogP contribution in [-0.4, -0.2) is 11.5 Å². The molecular formula is C10H16S. The van der Waals surface area contributed by atoms with Crippen molar-refractivity contribution < 1.29 is 0 Å². The largest absolute Gasteiger partial charge is 0.153 e. The zero-order chi connectivity index (χ0) is 8.59. The van der Waals surface area contributed by atoms with Crippen LogP contribution in [0.5, 0.6) is 0 Å².